The number of thiophene rings is 1. The molecule has 0 spiro atoms. The number of aromatic nitrogens is 2. The van der Waals surface area contributed by atoms with E-state index in [1.165, 1.54) is 29.2 Å². The lowest BCUT2D eigenvalue weighted by Crippen LogP contribution is -2.39. The molecule has 1 aliphatic heterocycles. The van der Waals surface area contributed by atoms with E-state index in [2.05, 4.69) is 4.98 Å². The molecule has 0 aliphatic carbocycles. The summed E-state index contributed by atoms with van der Waals surface area (Å²) in [7, 11) is 0. The Morgan fingerprint density at radius 2 is 1.91 bits per heavy atom. The highest BCUT2D eigenvalue weighted by Crippen LogP contribution is 2.51. The van der Waals surface area contributed by atoms with Crippen LogP contribution in [-0.4, -0.2) is 21.6 Å². The summed E-state index contributed by atoms with van der Waals surface area (Å²) in [6, 6.07) is 15.2. The summed E-state index contributed by atoms with van der Waals surface area (Å²) in [5.74, 6) is -0.651. The number of fused-ring (bicyclic) bond motifs is 1. The average Bonchev–Trinajstić information content (AvgIpc) is 3.45. The lowest BCUT2D eigenvalue weighted by molar-refractivity contribution is 0.519. The van der Waals surface area contributed by atoms with Crippen molar-refractivity contribution < 1.29 is 8.78 Å². The second-order valence-corrected chi connectivity index (χ2v) is 9.50. The number of hydrazone groups is 1. The summed E-state index contributed by atoms with van der Waals surface area (Å²) in [4.78, 5) is 9.37. The number of hydrogen-bond acceptors (Lipinski definition) is 7. The van der Waals surface area contributed by atoms with Crippen LogP contribution in [-0.2, 0) is 4.87 Å². The van der Waals surface area contributed by atoms with E-state index in [0.29, 0.717) is 30.4 Å². The van der Waals surface area contributed by atoms with Gasteiger partial charge in [-0.3, -0.25) is 0 Å². The largest absolute Gasteiger partial charge is 0.330 e. The summed E-state index contributed by atoms with van der Waals surface area (Å²) in [5.41, 5.74) is 6.95. The maximum Gasteiger partial charge on any atom is 0.249 e. The van der Waals surface area contributed by atoms with Crippen molar-refractivity contribution in [3.8, 4) is 0 Å². The second kappa shape index (κ2) is 8.57. The van der Waals surface area contributed by atoms with E-state index < -0.39 is 16.5 Å². The Kier molecular flexibility index (Phi) is 5.62. The van der Waals surface area contributed by atoms with Crippen molar-refractivity contribution in [2.45, 2.75) is 17.7 Å². The maximum atomic E-state index is 14.7. The van der Waals surface area contributed by atoms with Crippen LogP contribution < -0.4 is 10.7 Å². The molecule has 2 N–H and O–H groups in total. The normalized spacial score (nSPS) is 18.3. The minimum absolute atomic E-state index is 0.114. The zero-order chi connectivity index (χ0) is 22.1. The molecule has 0 radical (unpaired) electrons. The molecule has 162 valence electrons. The quantitative estimate of drug-likeness (QED) is 0.407. The van der Waals surface area contributed by atoms with E-state index in [1.807, 2.05) is 41.8 Å². The van der Waals surface area contributed by atoms with E-state index in [1.54, 1.807) is 11.2 Å². The molecule has 1 unspecified atom stereocenters. The van der Waals surface area contributed by atoms with Crippen LogP contribution in [0.3, 0.4) is 0 Å². The first-order chi connectivity index (χ1) is 15.6. The monoisotopic (exact) mass is 467 g/mol. The fourth-order valence-corrected chi connectivity index (χ4v) is 5.90. The van der Waals surface area contributed by atoms with Crippen LogP contribution >= 0.6 is 23.1 Å². The van der Waals surface area contributed by atoms with Gasteiger partial charge in [0.1, 0.15) is 26.4 Å². The molecule has 0 bridgehead atoms. The third kappa shape index (κ3) is 3.66. The molecule has 3 heterocycles. The van der Waals surface area contributed by atoms with Gasteiger partial charge in [0.25, 0.3) is 0 Å². The third-order valence-corrected chi connectivity index (χ3v) is 7.55. The first kappa shape index (κ1) is 21.0. The van der Waals surface area contributed by atoms with E-state index >= 15 is 0 Å². The standard InChI is InChI=1S/C23H19F2N5S2/c24-17-7-8-19(25)18(13-17)21-29-30(22-27-14-15-9-12-31-20(15)28-22)23(32-21,10-4-11-26)16-5-2-1-3-6-16/h1-3,5-9,12-14H,4,10-11,26H2. The molecule has 2 aromatic heterocycles. The molecule has 32 heavy (non-hydrogen) atoms. The van der Waals surface area contributed by atoms with Crippen molar-refractivity contribution in [1.82, 2.24) is 9.97 Å². The molecule has 5 nitrogen and oxygen atoms in total. The van der Waals surface area contributed by atoms with Gasteiger partial charge in [-0.2, -0.15) is 5.10 Å². The molecule has 2 aromatic carbocycles. The number of rotatable bonds is 6. The van der Waals surface area contributed by atoms with Gasteiger partial charge in [-0.15, -0.1) is 11.3 Å². The highest BCUT2D eigenvalue weighted by Gasteiger charge is 2.47. The predicted molar refractivity (Wildman–Crippen MR) is 127 cm³/mol. The van der Waals surface area contributed by atoms with E-state index in [9.17, 15) is 8.78 Å². The van der Waals surface area contributed by atoms with Crippen molar-refractivity contribution >= 4 is 44.3 Å². The Hall–Kier alpha value is -2.88. The minimum atomic E-state index is -0.750. The third-order valence-electron chi connectivity index (χ3n) is 5.29. The number of benzene rings is 2. The van der Waals surface area contributed by atoms with Gasteiger partial charge >= 0.3 is 0 Å². The summed E-state index contributed by atoms with van der Waals surface area (Å²) >= 11 is 2.89. The number of halogens is 2. The zero-order valence-electron chi connectivity index (χ0n) is 16.9. The fourth-order valence-electron chi connectivity index (χ4n) is 3.74. The first-order valence-electron chi connectivity index (χ1n) is 10.1. The summed E-state index contributed by atoms with van der Waals surface area (Å²) in [6.45, 7) is 0.484. The predicted octanol–water partition coefficient (Wildman–Crippen LogP) is 5.48. The number of nitrogens with zero attached hydrogens (tertiary/aromatic N) is 4. The van der Waals surface area contributed by atoms with E-state index in [4.69, 9.17) is 15.8 Å². The van der Waals surface area contributed by atoms with Crippen LogP contribution in [0.15, 0.2) is 71.3 Å². The first-order valence-corrected chi connectivity index (χ1v) is 11.8. The molecular formula is C23H19F2N5S2. The smallest absolute Gasteiger partial charge is 0.249 e. The van der Waals surface area contributed by atoms with Crippen LogP contribution in [0.2, 0.25) is 0 Å². The van der Waals surface area contributed by atoms with Gasteiger partial charge in [0.15, 0.2) is 0 Å². The molecule has 0 amide bonds. The lowest BCUT2D eigenvalue weighted by Gasteiger charge is -2.35. The molecule has 4 aromatic rings. The maximum absolute atomic E-state index is 14.7. The van der Waals surface area contributed by atoms with Crippen molar-refractivity contribution in [1.29, 1.82) is 0 Å². The SMILES string of the molecule is NCCCC1(c2ccccc2)SC(c2cc(F)ccc2F)=NN1c1ncc2ccsc2n1. The Morgan fingerprint density at radius 3 is 2.72 bits per heavy atom. The van der Waals surface area contributed by atoms with Gasteiger partial charge in [0.05, 0.1) is 0 Å². The van der Waals surface area contributed by atoms with Gasteiger partial charge in [-0.1, -0.05) is 42.1 Å². The topological polar surface area (TPSA) is 67.4 Å². The van der Waals surface area contributed by atoms with Crippen molar-refractivity contribution in [3.05, 3.63) is 88.9 Å². The zero-order valence-corrected chi connectivity index (χ0v) is 18.5. The second-order valence-electron chi connectivity index (χ2n) is 7.34. The van der Waals surface area contributed by atoms with Gasteiger partial charge in [-0.05, 0) is 54.6 Å². The van der Waals surface area contributed by atoms with Gasteiger partial charge in [-0.25, -0.2) is 23.8 Å². The van der Waals surface area contributed by atoms with Gasteiger partial charge < -0.3 is 5.73 Å². The van der Waals surface area contributed by atoms with E-state index in [0.717, 1.165) is 27.9 Å². The summed E-state index contributed by atoms with van der Waals surface area (Å²) in [6.07, 6.45) is 3.08. The number of nitrogens with two attached hydrogens (primary N) is 1. The molecule has 1 aliphatic rings. The van der Waals surface area contributed by atoms with Crippen LogP contribution in [0.1, 0.15) is 24.0 Å². The number of hydrogen-bond donors (Lipinski definition) is 1. The number of anilines is 1. The van der Waals surface area contributed by atoms with Crippen LogP contribution in [0.5, 0.6) is 0 Å². The van der Waals surface area contributed by atoms with Gasteiger partial charge in [0.2, 0.25) is 5.95 Å². The molecule has 5 rings (SSSR count). The summed E-state index contributed by atoms with van der Waals surface area (Å²) < 4.78 is 28.7. The molecular weight excluding hydrogens is 448 g/mol. The average molecular weight is 468 g/mol. The molecule has 0 fully saturated rings. The molecule has 0 saturated carbocycles. The van der Waals surface area contributed by atoms with Gasteiger partial charge in [0, 0.05) is 17.1 Å². The Morgan fingerprint density at radius 1 is 1.06 bits per heavy atom. The van der Waals surface area contributed by atoms with Crippen molar-refractivity contribution in [2.75, 3.05) is 11.6 Å². The lowest BCUT2D eigenvalue weighted by atomic mass is 10.0. The highest BCUT2D eigenvalue weighted by molar-refractivity contribution is 8.15. The summed E-state index contributed by atoms with van der Waals surface area (Å²) in [5, 5.41) is 9.76. The molecule has 1 atom stereocenters. The van der Waals surface area contributed by atoms with Crippen LogP contribution in [0.25, 0.3) is 10.2 Å². The Balaban J connectivity index is 1.70. The molecule has 0 saturated heterocycles. The fraction of sp³-hybridized carbons (Fsp3) is 0.174. The Labute approximate surface area is 192 Å². The minimum Gasteiger partial charge on any atom is -0.330 e. The van der Waals surface area contributed by atoms with Crippen molar-refractivity contribution in [2.24, 2.45) is 10.8 Å². The Bertz CT molecular complexity index is 1290. The van der Waals surface area contributed by atoms with E-state index in [-0.39, 0.29) is 5.56 Å². The van der Waals surface area contributed by atoms with Crippen LogP contribution in [0, 0.1) is 11.6 Å². The van der Waals surface area contributed by atoms with Crippen LogP contribution in [0.4, 0.5) is 14.7 Å². The highest BCUT2D eigenvalue weighted by atomic mass is 32.2. The molecule has 9 heteroatoms. The van der Waals surface area contributed by atoms with Crippen molar-refractivity contribution in [3.63, 3.8) is 0 Å². The number of thioether (sulfide) groups is 1.